The molecule has 0 N–H and O–H groups in total. The van der Waals surface area contributed by atoms with Crippen LogP contribution >= 0.6 is 23.2 Å². The van der Waals surface area contributed by atoms with Crippen LogP contribution in [0.25, 0.3) is 11.1 Å². The Hall–Kier alpha value is -4.73. The maximum atomic E-state index is 12.5. The zero-order valence-electron chi connectivity index (χ0n) is 23.1. The number of halogens is 2. The van der Waals surface area contributed by atoms with Gasteiger partial charge in [0.25, 0.3) is 5.91 Å². The molecule has 7 rings (SSSR count). The number of nitrogens with zero attached hydrogens (tertiary/aromatic N) is 4. The maximum absolute atomic E-state index is 12.5. The van der Waals surface area contributed by atoms with E-state index in [1.807, 2.05) is 12.1 Å². The number of pyridine rings is 2. The molecule has 0 radical (unpaired) electrons. The number of amides is 2. The molecule has 5 heterocycles. The zero-order chi connectivity index (χ0) is 30.2. The standard InChI is InChI=1S/C16H13ClN2O3.C16H11ClN2O2/c1-19-9-12(20)14(16(19)21)15-13(6-3-7-18-15)22-11-5-2-4-10(17)8-11;1-19-8-11-10-5-4-9(17)7-13(10)21-12-3-2-6-18-15(12)14(11)16(19)20/h2-8,14H,9H2,1H3;2-7H,8H2,1H3. The Bertz CT molecular complexity index is 1830. The highest BCUT2D eigenvalue weighted by atomic mass is 35.5. The van der Waals surface area contributed by atoms with Gasteiger partial charge in [-0.1, -0.05) is 29.3 Å². The van der Waals surface area contributed by atoms with E-state index in [2.05, 4.69) is 9.97 Å². The SMILES string of the molecule is CN1CC(=O)C(c2ncccc2Oc2cccc(Cl)c2)C1=O.CN1CC2=C(C1=O)c1ncccc1Oc1cc(Cl)ccc12. The summed E-state index contributed by atoms with van der Waals surface area (Å²) in [4.78, 5) is 48.3. The van der Waals surface area contributed by atoms with Gasteiger partial charge in [-0.2, -0.15) is 0 Å². The Balaban J connectivity index is 0.000000153. The molecule has 0 spiro atoms. The average molecular weight is 615 g/mol. The Morgan fingerprint density at radius 2 is 1.60 bits per heavy atom. The fraction of sp³-hybridized carbons (Fsp3) is 0.156. The molecule has 4 aromatic rings. The van der Waals surface area contributed by atoms with Gasteiger partial charge in [-0.05, 0) is 60.2 Å². The molecule has 2 aromatic heterocycles. The van der Waals surface area contributed by atoms with Crippen LogP contribution in [-0.2, 0) is 14.4 Å². The van der Waals surface area contributed by atoms with Gasteiger partial charge in [0.2, 0.25) is 5.91 Å². The topological polar surface area (TPSA) is 102 Å². The number of likely N-dealkylation sites (tertiary alicyclic amines) is 1. The predicted octanol–water partition coefficient (Wildman–Crippen LogP) is 5.88. The van der Waals surface area contributed by atoms with Gasteiger partial charge >= 0.3 is 0 Å². The van der Waals surface area contributed by atoms with Crippen LogP contribution < -0.4 is 9.47 Å². The first-order valence-corrected chi connectivity index (χ1v) is 14.0. The number of Topliss-reactive ketones (excluding diaryl/α,β-unsaturated/α-hetero) is 1. The first kappa shape index (κ1) is 28.4. The summed E-state index contributed by atoms with van der Waals surface area (Å²) in [6.07, 6.45) is 3.21. The van der Waals surface area contributed by atoms with Gasteiger partial charge in [-0.3, -0.25) is 24.4 Å². The first-order chi connectivity index (χ1) is 20.7. The van der Waals surface area contributed by atoms with Crippen LogP contribution in [0, 0.1) is 0 Å². The van der Waals surface area contributed by atoms with Crippen molar-refractivity contribution in [3.63, 3.8) is 0 Å². The number of rotatable bonds is 3. The Morgan fingerprint density at radius 3 is 2.37 bits per heavy atom. The van der Waals surface area contributed by atoms with Crippen LogP contribution in [0.3, 0.4) is 0 Å². The zero-order valence-corrected chi connectivity index (χ0v) is 24.6. The van der Waals surface area contributed by atoms with Crippen molar-refractivity contribution in [2.75, 3.05) is 27.2 Å². The molecule has 216 valence electrons. The first-order valence-electron chi connectivity index (χ1n) is 13.3. The number of fused-ring (bicyclic) bond motifs is 4. The summed E-state index contributed by atoms with van der Waals surface area (Å²) in [5.74, 6) is 0.762. The van der Waals surface area contributed by atoms with Crippen molar-refractivity contribution >= 4 is 51.9 Å². The minimum absolute atomic E-state index is 0.0312. The van der Waals surface area contributed by atoms with Gasteiger partial charge in [0, 0.05) is 54.7 Å². The molecular weight excluding hydrogens is 591 g/mol. The van der Waals surface area contributed by atoms with Crippen molar-refractivity contribution in [3.8, 4) is 23.0 Å². The lowest BCUT2D eigenvalue weighted by Crippen LogP contribution is -2.22. The van der Waals surface area contributed by atoms with Gasteiger partial charge in [-0.15, -0.1) is 0 Å². The molecule has 11 heteroatoms. The van der Waals surface area contributed by atoms with Crippen LogP contribution in [0.4, 0.5) is 0 Å². The molecule has 1 fully saturated rings. The van der Waals surface area contributed by atoms with E-state index in [-0.39, 0.29) is 24.1 Å². The molecular formula is C32H24Cl2N4O5. The van der Waals surface area contributed by atoms with Crippen LogP contribution in [0.15, 0.2) is 79.1 Å². The van der Waals surface area contributed by atoms with Gasteiger partial charge in [0.1, 0.15) is 34.6 Å². The normalized spacial score (nSPS) is 17.0. The summed E-state index contributed by atoms with van der Waals surface area (Å²) in [6.45, 7) is 0.638. The van der Waals surface area contributed by atoms with E-state index in [0.717, 1.165) is 11.1 Å². The largest absolute Gasteiger partial charge is 0.455 e. The molecule has 1 atom stereocenters. The van der Waals surface area contributed by atoms with E-state index in [1.54, 1.807) is 86.0 Å². The third-order valence-electron chi connectivity index (χ3n) is 7.19. The molecule has 9 nitrogen and oxygen atoms in total. The second-order valence-corrected chi connectivity index (χ2v) is 11.0. The highest BCUT2D eigenvalue weighted by Gasteiger charge is 2.41. The predicted molar refractivity (Wildman–Crippen MR) is 161 cm³/mol. The van der Waals surface area contributed by atoms with Crippen molar-refractivity contribution in [3.05, 3.63) is 106 Å². The minimum Gasteiger partial charge on any atom is -0.455 e. The second-order valence-electron chi connectivity index (χ2n) is 10.1. The smallest absolute Gasteiger partial charge is 0.256 e. The number of ketones is 1. The van der Waals surface area contributed by atoms with E-state index in [9.17, 15) is 14.4 Å². The van der Waals surface area contributed by atoms with Crippen LogP contribution in [0.1, 0.15) is 22.9 Å². The van der Waals surface area contributed by atoms with E-state index >= 15 is 0 Å². The van der Waals surface area contributed by atoms with Gasteiger partial charge < -0.3 is 19.3 Å². The van der Waals surface area contributed by atoms with Crippen molar-refractivity contribution in [2.45, 2.75) is 5.92 Å². The molecule has 3 aliphatic heterocycles. The van der Waals surface area contributed by atoms with Crippen molar-refractivity contribution < 1.29 is 23.9 Å². The summed E-state index contributed by atoms with van der Waals surface area (Å²) in [5, 5.41) is 1.14. The quantitative estimate of drug-likeness (QED) is 0.266. The van der Waals surface area contributed by atoms with Gasteiger partial charge in [0.05, 0.1) is 12.1 Å². The second kappa shape index (κ2) is 11.5. The summed E-state index contributed by atoms with van der Waals surface area (Å²) in [7, 11) is 3.39. The van der Waals surface area contributed by atoms with Crippen molar-refractivity contribution in [1.29, 1.82) is 0 Å². The lowest BCUT2D eigenvalue weighted by Gasteiger charge is -2.14. The lowest BCUT2D eigenvalue weighted by molar-refractivity contribution is -0.128. The van der Waals surface area contributed by atoms with Crippen LogP contribution in [0.2, 0.25) is 10.0 Å². The van der Waals surface area contributed by atoms with E-state index in [1.165, 1.54) is 4.90 Å². The molecule has 2 aromatic carbocycles. The monoisotopic (exact) mass is 614 g/mol. The summed E-state index contributed by atoms with van der Waals surface area (Å²) >= 11 is 12.0. The molecule has 3 aliphatic rings. The summed E-state index contributed by atoms with van der Waals surface area (Å²) in [6, 6.07) is 19.3. The van der Waals surface area contributed by atoms with Gasteiger partial charge in [-0.25, -0.2) is 0 Å². The van der Waals surface area contributed by atoms with E-state index in [0.29, 0.717) is 56.5 Å². The van der Waals surface area contributed by atoms with Gasteiger partial charge in [0.15, 0.2) is 11.5 Å². The molecule has 0 aliphatic carbocycles. The third kappa shape index (κ3) is 5.45. The highest BCUT2D eigenvalue weighted by molar-refractivity contribution is 6.32. The number of benzene rings is 2. The minimum atomic E-state index is -0.902. The highest BCUT2D eigenvalue weighted by Crippen LogP contribution is 2.45. The number of carbonyl (C=O) groups excluding carboxylic acids is 3. The van der Waals surface area contributed by atoms with E-state index in [4.69, 9.17) is 32.7 Å². The Labute approximate surface area is 257 Å². The molecule has 43 heavy (non-hydrogen) atoms. The third-order valence-corrected chi connectivity index (χ3v) is 7.66. The van der Waals surface area contributed by atoms with Crippen LogP contribution in [0.5, 0.6) is 23.0 Å². The molecule has 1 unspecified atom stereocenters. The number of likely N-dealkylation sites (N-methyl/N-ethyl adjacent to an activating group) is 2. The average Bonchev–Trinajstić information content (AvgIpc) is 3.36. The molecule has 0 bridgehead atoms. The van der Waals surface area contributed by atoms with Crippen molar-refractivity contribution in [1.82, 2.24) is 19.8 Å². The van der Waals surface area contributed by atoms with Crippen LogP contribution in [-0.4, -0.2) is 64.6 Å². The fourth-order valence-corrected chi connectivity index (χ4v) is 5.52. The summed E-state index contributed by atoms with van der Waals surface area (Å²) < 4.78 is 11.7. The molecule has 0 saturated carbocycles. The Kier molecular flexibility index (Phi) is 7.60. The summed E-state index contributed by atoms with van der Waals surface area (Å²) in [5.41, 5.74) is 3.38. The number of hydrogen-bond acceptors (Lipinski definition) is 7. The van der Waals surface area contributed by atoms with Crippen molar-refractivity contribution in [2.24, 2.45) is 0 Å². The molecule has 2 amide bonds. The number of aromatic nitrogens is 2. The number of hydrogen-bond donors (Lipinski definition) is 0. The number of carbonyl (C=O) groups is 3. The number of ether oxygens (including phenoxy) is 2. The Morgan fingerprint density at radius 1 is 0.837 bits per heavy atom. The maximum Gasteiger partial charge on any atom is 0.256 e. The lowest BCUT2D eigenvalue weighted by atomic mass is 10.00. The molecule has 1 saturated heterocycles. The van der Waals surface area contributed by atoms with E-state index < -0.39 is 5.92 Å². The fourth-order valence-electron chi connectivity index (χ4n) is 5.17.